The van der Waals surface area contributed by atoms with Gasteiger partial charge in [0, 0.05) is 12.1 Å². The van der Waals surface area contributed by atoms with Crippen LogP contribution >= 0.6 is 0 Å². The molecule has 174 valence electrons. The van der Waals surface area contributed by atoms with E-state index in [1.54, 1.807) is 4.90 Å². The lowest BCUT2D eigenvalue weighted by atomic mass is 9.94. The van der Waals surface area contributed by atoms with Gasteiger partial charge < -0.3 is 24.8 Å². The van der Waals surface area contributed by atoms with Crippen LogP contribution in [0.4, 0.5) is 0 Å². The minimum Gasteiger partial charge on any atom is -0.395 e. The van der Waals surface area contributed by atoms with Crippen LogP contribution in [0.3, 0.4) is 0 Å². The maximum Gasteiger partial charge on any atom is 0.256 e. The summed E-state index contributed by atoms with van der Waals surface area (Å²) >= 11 is 0. The van der Waals surface area contributed by atoms with E-state index < -0.39 is 23.9 Å². The number of fused-ring (bicyclic) bond motifs is 2. The molecule has 0 radical (unpaired) electrons. The summed E-state index contributed by atoms with van der Waals surface area (Å²) in [5.41, 5.74) is 2.63. The summed E-state index contributed by atoms with van der Waals surface area (Å²) in [7, 11) is 0. The van der Waals surface area contributed by atoms with E-state index in [1.807, 2.05) is 91.0 Å². The molecule has 2 N–H and O–H groups in total. The molecule has 0 aliphatic carbocycles. The van der Waals surface area contributed by atoms with Gasteiger partial charge in [0.2, 0.25) is 5.79 Å². The highest BCUT2D eigenvalue weighted by molar-refractivity contribution is 5.93. The van der Waals surface area contributed by atoms with Crippen LogP contribution in [0.25, 0.3) is 0 Å². The average molecular weight is 459 g/mol. The number of nitrogens with zero attached hydrogens (tertiary/aromatic N) is 1. The topological polar surface area (TPSA) is 88.1 Å². The van der Waals surface area contributed by atoms with Gasteiger partial charge in [0.25, 0.3) is 11.8 Å². The van der Waals surface area contributed by atoms with Crippen LogP contribution in [0, 0.1) is 0 Å². The lowest BCUT2D eigenvalue weighted by Gasteiger charge is -2.42. The van der Waals surface area contributed by atoms with Crippen LogP contribution in [0.1, 0.15) is 22.7 Å². The zero-order valence-corrected chi connectivity index (χ0v) is 18.5. The van der Waals surface area contributed by atoms with E-state index in [0.29, 0.717) is 0 Å². The Hall–Kier alpha value is -3.52. The normalized spacial score (nSPS) is 23.8. The van der Waals surface area contributed by atoms with E-state index in [2.05, 4.69) is 5.32 Å². The fourth-order valence-electron chi connectivity index (χ4n) is 4.71. The Morgan fingerprint density at radius 1 is 0.941 bits per heavy atom. The highest BCUT2D eigenvalue weighted by atomic mass is 16.8. The predicted octanol–water partition coefficient (Wildman–Crippen LogP) is 2.36. The van der Waals surface area contributed by atoms with Crippen molar-refractivity contribution in [2.75, 3.05) is 19.7 Å². The molecule has 5 rings (SSSR count). The van der Waals surface area contributed by atoms with Gasteiger partial charge in [0.1, 0.15) is 0 Å². The number of amides is 2. The van der Waals surface area contributed by atoms with Crippen LogP contribution in [0.5, 0.6) is 0 Å². The number of ether oxygens (including phenoxy) is 2. The summed E-state index contributed by atoms with van der Waals surface area (Å²) in [6.07, 6.45) is -2.24. The highest BCUT2D eigenvalue weighted by Gasteiger charge is 2.61. The van der Waals surface area contributed by atoms with Gasteiger partial charge in [0.05, 0.1) is 19.2 Å². The third-order valence-corrected chi connectivity index (χ3v) is 6.24. The van der Waals surface area contributed by atoms with Crippen molar-refractivity contribution in [3.8, 4) is 0 Å². The van der Waals surface area contributed by atoms with Crippen LogP contribution < -0.4 is 5.32 Å². The first kappa shape index (κ1) is 22.3. The monoisotopic (exact) mass is 458 g/mol. The molecule has 2 heterocycles. The number of aliphatic hydroxyl groups is 1. The lowest BCUT2D eigenvalue weighted by Crippen LogP contribution is -2.55. The summed E-state index contributed by atoms with van der Waals surface area (Å²) < 4.78 is 12.5. The van der Waals surface area contributed by atoms with Crippen molar-refractivity contribution in [2.45, 2.75) is 24.0 Å². The zero-order valence-electron chi connectivity index (χ0n) is 18.5. The minimum atomic E-state index is -1.29. The fourth-order valence-corrected chi connectivity index (χ4v) is 4.71. The molecule has 0 aromatic heterocycles. The Bertz CT molecular complexity index is 1100. The third kappa shape index (κ3) is 3.98. The number of rotatable bonds is 7. The number of benzene rings is 3. The summed E-state index contributed by atoms with van der Waals surface area (Å²) in [6, 6.07) is 28.6. The quantitative estimate of drug-likeness (QED) is 0.568. The molecule has 2 amide bonds. The molecule has 3 aromatic carbocycles. The zero-order chi connectivity index (χ0) is 23.5. The maximum absolute atomic E-state index is 13.8. The van der Waals surface area contributed by atoms with Gasteiger partial charge in [-0.05, 0) is 11.1 Å². The van der Waals surface area contributed by atoms with E-state index in [-0.39, 0.29) is 31.6 Å². The molecule has 7 nitrogen and oxygen atoms in total. The lowest BCUT2D eigenvalue weighted by molar-refractivity contribution is -0.220. The molecule has 2 aliphatic heterocycles. The molecule has 0 saturated carbocycles. The Morgan fingerprint density at radius 3 is 2.06 bits per heavy atom. The van der Waals surface area contributed by atoms with E-state index in [4.69, 9.17) is 14.6 Å². The standard InChI is InChI=1S/C27H26N2O5/c30-17-16-28-25(31)23-24-26(32)29(18-27(33-23,34-24)21-14-8-3-9-15-21)22(19-10-4-1-5-11-19)20-12-6-2-7-13-20/h1-15,22-24,30H,16-18H2,(H,28,31)/t23-,24+,27-/m1/s1. The van der Waals surface area contributed by atoms with Crippen molar-refractivity contribution in [1.82, 2.24) is 10.2 Å². The van der Waals surface area contributed by atoms with E-state index in [1.165, 1.54) is 0 Å². The molecule has 3 aromatic rings. The first-order valence-corrected chi connectivity index (χ1v) is 11.3. The summed E-state index contributed by atoms with van der Waals surface area (Å²) in [5, 5.41) is 11.7. The Morgan fingerprint density at radius 2 is 1.50 bits per heavy atom. The van der Waals surface area contributed by atoms with Crippen molar-refractivity contribution in [1.29, 1.82) is 0 Å². The predicted molar refractivity (Wildman–Crippen MR) is 124 cm³/mol. The van der Waals surface area contributed by atoms with Gasteiger partial charge >= 0.3 is 0 Å². The van der Waals surface area contributed by atoms with Gasteiger partial charge in [-0.25, -0.2) is 0 Å². The number of hydrogen-bond donors (Lipinski definition) is 2. The van der Waals surface area contributed by atoms with Gasteiger partial charge in [-0.2, -0.15) is 0 Å². The van der Waals surface area contributed by atoms with Crippen molar-refractivity contribution in [3.05, 3.63) is 108 Å². The molecule has 0 unspecified atom stereocenters. The number of aliphatic hydroxyl groups excluding tert-OH is 1. The Kier molecular flexibility index (Phi) is 6.15. The smallest absolute Gasteiger partial charge is 0.256 e. The number of carbonyl (C=O) groups is 2. The molecule has 2 saturated heterocycles. The van der Waals surface area contributed by atoms with Crippen LogP contribution in [-0.2, 0) is 24.8 Å². The minimum absolute atomic E-state index is 0.0678. The van der Waals surface area contributed by atoms with E-state index >= 15 is 0 Å². The summed E-state index contributed by atoms with van der Waals surface area (Å²) in [4.78, 5) is 28.5. The second-order valence-corrected chi connectivity index (χ2v) is 8.40. The SMILES string of the molecule is O=C(NCCO)[C@@H]1O[C@]2(c3ccccc3)CN(C(c3ccccc3)c3ccccc3)C(=O)[C@H]1O2. The number of nitrogens with one attached hydrogen (secondary N) is 1. The van der Waals surface area contributed by atoms with Crippen LogP contribution in [0.2, 0.25) is 0 Å². The van der Waals surface area contributed by atoms with Crippen molar-refractivity contribution in [2.24, 2.45) is 0 Å². The second-order valence-electron chi connectivity index (χ2n) is 8.40. The van der Waals surface area contributed by atoms with Gasteiger partial charge in [-0.3, -0.25) is 9.59 Å². The van der Waals surface area contributed by atoms with Gasteiger partial charge in [-0.15, -0.1) is 0 Å². The molecule has 2 fully saturated rings. The Balaban J connectivity index is 1.59. The number of hydrogen-bond acceptors (Lipinski definition) is 5. The summed E-state index contributed by atoms with van der Waals surface area (Å²) in [6.45, 7) is -0.0269. The van der Waals surface area contributed by atoms with Crippen molar-refractivity contribution < 1.29 is 24.2 Å². The molecule has 34 heavy (non-hydrogen) atoms. The molecular formula is C27H26N2O5. The Labute approximate surface area is 197 Å². The van der Waals surface area contributed by atoms with Gasteiger partial charge in [-0.1, -0.05) is 91.0 Å². The van der Waals surface area contributed by atoms with Crippen LogP contribution in [-0.4, -0.2) is 53.7 Å². The van der Waals surface area contributed by atoms with E-state index in [0.717, 1.165) is 16.7 Å². The molecule has 2 bridgehead atoms. The third-order valence-electron chi connectivity index (χ3n) is 6.24. The fraction of sp³-hybridized carbons (Fsp3) is 0.259. The van der Waals surface area contributed by atoms with Gasteiger partial charge in [0.15, 0.2) is 12.2 Å². The molecular weight excluding hydrogens is 432 g/mol. The molecule has 7 heteroatoms. The first-order chi connectivity index (χ1) is 16.6. The first-order valence-electron chi connectivity index (χ1n) is 11.3. The van der Waals surface area contributed by atoms with Crippen molar-refractivity contribution in [3.63, 3.8) is 0 Å². The molecule has 3 atom stereocenters. The summed E-state index contributed by atoms with van der Waals surface area (Å²) in [5.74, 6) is -2.09. The van der Waals surface area contributed by atoms with Crippen molar-refractivity contribution >= 4 is 11.8 Å². The maximum atomic E-state index is 13.8. The molecule has 2 aliphatic rings. The number of morpholine rings is 1. The van der Waals surface area contributed by atoms with Crippen LogP contribution in [0.15, 0.2) is 91.0 Å². The second kappa shape index (κ2) is 9.38. The van der Waals surface area contributed by atoms with E-state index in [9.17, 15) is 9.59 Å². The largest absolute Gasteiger partial charge is 0.395 e. The number of carbonyl (C=O) groups excluding carboxylic acids is 2. The highest BCUT2D eigenvalue weighted by Crippen LogP contribution is 2.46. The molecule has 0 spiro atoms. The average Bonchev–Trinajstić information content (AvgIpc) is 3.24.